The standard InChI is InChI=1S/C14H28O2/c15-13-9-4-2-1-3-6-10-14(16)11-7-5-8-12-14/h15-16H,1-13H2. The normalized spacial score (nSPS) is 19.9. The monoisotopic (exact) mass is 228 g/mol. The Bertz CT molecular complexity index is 162. The molecule has 0 spiro atoms. The fourth-order valence-corrected chi connectivity index (χ4v) is 2.73. The quantitative estimate of drug-likeness (QED) is 0.625. The third kappa shape index (κ3) is 5.86. The Morgan fingerprint density at radius 1 is 0.750 bits per heavy atom. The third-order valence-corrected chi connectivity index (χ3v) is 3.83. The average Bonchev–Trinajstić information content (AvgIpc) is 2.29. The van der Waals surface area contributed by atoms with Gasteiger partial charge >= 0.3 is 0 Å². The fourth-order valence-electron chi connectivity index (χ4n) is 2.73. The molecule has 1 aliphatic carbocycles. The second kappa shape index (κ2) is 8.08. The maximum absolute atomic E-state index is 10.3. The Hall–Kier alpha value is -0.0800. The van der Waals surface area contributed by atoms with Crippen LogP contribution in [0.2, 0.25) is 0 Å². The van der Waals surface area contributed by atoms with Gasteiger partial charge in [0.1, 0.15) is 0 Å². The van der Waals surface area contributed by atoms with E-state index in [9.17, 15) is 5.11 Å². The van der Waals surface area contributed by atoms with Gasteiger partial charge in [0.2, 0.25) is 0 Å². The molecule has 0 bridgehead atoms. The van der Waals surface area contributed by atoms with Crippen molar-refractivity contribution in [3.8, 4) is 0 Å². The molecule has 2 N–H and O–H groups in total. The van der Waals surface area contributed by atoms with Crippen molar-refractivity contribution < 1.29 is 10.2 Å². The average molecular weight is 228 g/mol. The summed E-state index contributed by atoms with van der Waals surface area (Å²) in [7, 11) is 0. The molecule has 16 heavy (non-hydrogen) atoms. The van der Waals surface area contributed by atoms with Gasteiger partial charge in [-0.25, -0.2) is 0 Å². The molecule has 1 rings (SSSR count). The van der Waals surface area contributed by atoms with E-state index in [0.29, 0.717) is 6.61 Å². The number of rotatable bonds is 8. The van der Waals surface area contributed by atoms with Crippen LogP contribution in [-0.2, 0) is 0 Å². The van der Waals surface area contributed by atoms with Gasteiger partial charge in [-0.15, -0.1) is 0 Å². The molecule has 0 heterocycles. The first-order chi connectivity index (χ1) is 7.77. The number of hydrogen-bond donors (Lipinski definition) is 2. The van der Waals surface area contributed by atoms with E-state index in [-0.39, 0.29) is 5.60 Å². The van der Waals surface area contributed by atoms with Gasteiger partial charge in [0, 0.05) is 6.61 Å². The van der Waals surface area contributed by atoms with Crippen LogP contribution in [-0.4, -0.2) is 22.4 Å². The molecule has 1 aliphatic rings. The van der Waals surface area contributed by atoms with E-state index >= 15 is 0 Å². The van der Waals surface area contributed by atoms with Gasteiger partial charge in [-0.3, -0.25) is 0 Å². The Kier molecular flexibility index (Phi) is 7.06. The van der Waals surface area contributed by atoms with Gasteiger partial charge in [0.05, 0.1) is 5.60 Å². The lowest BCUT2D eigenvalue weighted by atomic mass is 9.81. The molecular formula is C14H28O2. The maximum Gasteiger partial charge on any atom is 0.0647 e. The van der Waals surface area contributed by atoms with Crippen molar-refractivity contribution in [2.24, 2.45) is 0 Å². The van der Waals surface area contributed by atoms with Crippen LogP contribution >= 0.6 is 0 Å². The van der Waals surface area contributed by atoms with Crippen molar-refractivity contribution in [2.45, 2.75) is 82.7 Å². The van der Waals surface area contributed by atoms with E-state index in [0.717, 1.165) is 32.1 Å². The maximum atomic E-state index is 10.3. The topological polar surface area (TPSA) is 40.5 Å². The van der Waals surface area contributed by atoms with Crippen LogP contribution in [0.15, 0.2) is 0 Å². The Labute approximate surface area is 100 Å². The molecule has 0 atom stereocenters. The summed E-state index contributed by atoms with van der Waals surface area (Å²) in [6.07, 6.45) is 13.8. The number of hydrogen-bond acceptors (Lipinski definition) is 2. The Balaban J connectivity index is 1.93. The van der Waals surface area contributed by atoms with Crippen LogP contribution in [0.1, 0.15) is 77.0 Å². The lowest BCUT2D eigenvalue weighted by Crippen LogP contribution is -2.30. The van der Waals surface area contributed by atoms with Crippen molar-refractivity contribution in [1.29, 1.82) is 0 Å². The van der Waals surface area contributed by atoms with Gasteiger partial charge in [-0.05, 0) is 25.7 Å². The first-order valence-corrected chi connectivity index (χ1v) is 7.10. The highest BCUT2D eigenvalue weighted by atomic mass is 16.3. The van der Waals surface area contributed by atoms with Gasteiger partial charge in [0.15, 0.2) is 0 Å². The molecule has 0 saturated heterocycles. The van der Waals surface area contributed by atoms with Crippen molar-refractivity contribution >= 4 is 0 Å². The molecule has 0 aliphatic heterocycles. The number of aliphatic hydroxyl groups excluding tert-OH is 1. The van der Waals surface area contributed by atoms with E-state index in [2.05, 4.69) is 0 Å². The molecule has 0 unspecified atom stereocenters. The summed E-state index contributed by atoms with van der Waals surface area (Å²) in [6, 6.07) is 0. The highest BCUT2D eigenvalue weighted by Gasteiger charge is 2.27. The van der Waals surface area contributed by atoms with Crippen LogP contribution in [0.4, 0.5) is 0 Å². The largest absolute Gasteiger partial charge is 0.396 e. The first-order valence-electron chi connectivity index (χ1n) is 7.10. The number of aliphatic hydroxyl groups is 2. The summed E-state index contributed by atoms with van der Waals surface area (Å²) >= 11 is 0. The van der Waals surface area contributed by atoms with Gasteiger partial charge in [0.25, 0.3) is 0 Å². The van der Waals surface area contributed by atoms with Gasteiger partial charge < -0.3 is 10.2 Å². The predicted molar refractivity (Wildman–Crippen MR) is 67.4 cm³/mol. The molecule has 2 heteroatoms. The summed E-state index contributed by atoms with van der Waals surface area (Å²) in [5.41, 5.74) is -0.316. The van der Waals surface area contributed by atoms with Crippen molar-refractivity contribution in [3.63, 3.8) is 0 Å². The molecule has 0 aromatic carbocycles. The molecule has 0 aromatic rings. The molecule has 0 radical (unpaired) electrons. The molecule has 1 fully saturated rings. The molecule has 2 nitrogen and oxygen atoms in total. The summed E-state index contributed by atoms with van der Waals surface area (Å²) in [5.74, 6) is 0. The van der Waals surface area contributed by atoms with Gasteiger partial charge in [-0.2, -0.15) is 0 Å². The third-order valence-electron chi connectivity index (χ3n) is 3.83. The molecule has 0 aromatic heterocycles. The zero-order chi connectivity index (χ0) is 11.7. The van der Waals surface area contributed by atoms with Gasteiger partial charge in [-0.1, -0.05) is 51.4 Å². The van der Waals surface area contributed by atoms with E-state index in [1.54, 1.807) is 0 Å². The SMILES string of the molecule is OCCCCCCCCC1(O)CCCCC1. The van der Waals surface area contributed by atoms with Crippen molar-refractivity contribution in [2.75, 3.05) is 6.61 Å². The lowest BCUT2D eigenvalue weighted by molar-refractivity contribution is -0.00587. The van der Waals surface area contributed by atoms with Crippen LogP contribution in [0.5, 0.6) is 0 Å². The molecule has 96 valence electrons. The highest BCUT2D eigenvalue weighted by Crippen LogP contribution is 2.32. The van der Waals surface area contributed by atoms with E-state index in [1.165, 1.54) is 44.9 Å². The lowest BCUT2D eigenvalue weighted by Gasteiger charge is -2.32. The summed E-state index contributed by atoms with van der Waals surface area (Å²) in [6.45, 7) is 0.333. The highest BCUT2D eigenvalue weighted by molar-refractivity contribution is 4.81. The minimum absolute atomic E-state index is 0.316. The first kappa shape index (κ1) is 14.0. The number of unbranched alkanes of at least 4 members (excludes halogenated alkanes) is 5. The second-order valence-electron chi connectivity index (χ2n) is 5.38. The van der Waals surface area contributed by atoms with Crippen LogP contribution in [0.25, 0.3) is 0 Å². The van der Waals surface area contributed by atoms with E-state index in [1.807, 2.05) is 0 Å². The Morgan fingerprint density at radius 2 is 1.31 bits per heavy atom. The predicted octanol–water partition coefficient (Wildman–Crippen LogP) is 3.40. The molecule has 0 amide bonds. The van der Waals surface area contributed by atoms with E-state index in [4.69, 9.17) is 5.11 Å². The van der Waals surface area contributed by atoms with Crippen LogP contribution in [0.3, 0.4) is 0 Å². The zero-order valence-electron chi connectivity index (χ0n) is 10.6. The summed E-state index contributed by atoms with van der Waals surface area (Å²) in [5, 5.41) is 18.9. The van der Waals surface area contributed by atoms with E-state index < -0.39 is 0 Å². The molecular weight excluding hydrogens is 200 g/mol. The van der Waals surface area contributed by atoms with Crippen LogP contribution in [0, 0.1) is 0 Å². The summed E-state index contributed by atoms with van der Waals surface area (Å²) in [4.78, 5) is 0. The van der Waals surface area contributed by atoms with Crippen LogP contribution < -0.4 is 0 Å². The smallest absolute Gasteiger partial charge is 0.0647 e. The van der Waals surface area contributed by atoms with Crippen molar-refractivity contribution in [3.05, 3.63) is 0 Å². The fraction of sp³-hybridized carbons (Fsp3) is 1.00. The zero-order valence-corrected chi connectivity index (χ0v) is 10.6. The summed E-state index contributed by atoms with van der Waals surface area (Å²) < 4.78 is 0. The minimum Gasteiger partial charge on any atom is -0.396 e. The second-order valence-corrected chi connectivity index (χ2v) is 5.38. The Morgan fingerprint density at radius 3 is 1.94 bits per heavy atom. The minimum atomic E-state index is -0.316. The molecule has 1 saturated carbocycles. The van der Waals surface area contributed by atoms with Crippen molar-refractivity contribution in [1.82, 2.24) is 0 Å².